The van der Waals surface area contributed by atoms with Crippen molar-refractivity contribution in [2.75, 3.05) is 6.54 Å². The Morgan fingerprint density at radius 1 is 1.24 bits per heavy atom. The molecule has 0 aliphatic heterocycles. The van der Waals surface area contributed by atoms with Crippen LogP contribution in [0.1, 0.15) is 51.1 Å². The molecule has 0 saturated carbocycles. The fourth-order valence-corrected chi connectivity index (χ4v) is 1.91. The highest BCUT2D eigenvalue weighted by atomic mass is 14.9. The van der Waals surface area contributed by atoms with Gasteiger partial charge in [0.05, 0.1) is 0 Å². The maximum absolute atomic E-state index is 3.60. The molecule has 0 saturated heterocycles. The zero-order chi connectivity index (χ0) is 12.3. The molecule has 0 amide bonds. The Morgan fingerprint density at radius 3 is 2.65 bits per heavy atom. The third kappa shape index (κ3) is 5.56. The second-order valence-electron chi connectivity index (χ2n) is 4.24. The van der Waals surface area contributed by atoms with Gasteiger partial charge in [-0.1, -0.05) is 50.1 Å². The maximum atomic E-state index is 3.60. The van der Waals surface area contributed by atoms with E-state index >= 15 is 0 Å². The summed E-state index contributed by atoms with van der Waals surface area (Å²) >= 11 is 0. The molecule has 0 spiro atoms. The molecule has 1 aromatic carbocycles. The van der Waals surface area contributed by atoms with E-state index in [0.717, 1.165) is 13.0 Å². The number of hydrogen-bond donors (Lipinski definition) is 1. The molecule has 92 valence electrons. The van der Waals surface area contributed by atoms with Gasteiger partial charge in [-0.2, -0.15) is 0 Å². The number of unbranched alkanes of at least 4 members (excludes halogenated alkanes) is 1. The van der Waals surface area contributed by atoms with Gasteiger partial charge >= 0.3 is 0 Å². The Kier molecular flexibility index (Phi) is 7.18. The normalized spacial score (nSPS) is 11.6. The predicted molar refractivity (Wildman–Crippen MR) is 74.8 cm³/mol. The molecule has 1 atom stereocenters. The van der Waals surface area contributed by atoms with Crippen molar-refractivity contribution in [1.82, 2.24) is 5.32 Å². The SMILES string of the molecule is CC#CCCNC(CCCC)c1ccccc1. The van der Waals surface area contributed by atoms with Gasteiger partial charge in [0, 0.05) is 19.0 Å². The predicted octanol–water partition coefficient (Wildman–Crippen LogP) is 3.92. The smallest absolute Gasteiger partial charge is 0.0320 e. The summed E-state index contributed by atoms with van der Waals surface area (Å²) in [6, 6.07) is 11.2. The van der Waals surface area contributed by atoms with E-state index in [0.29, 0.717) is 6.04 Å². The lowest BCUT2D eigenvalue weighted by atomic mass is 10.0. The van der Waals surface area contributed by atoms with E-state index in [1.165, 1.54) is 24.8 Å². The van der Waals surface area contributed by atoms with Crippen LogP contribution in [-0.2, 0) is 0 Å². The van der Waals surface area contributed by atoms with Gasteiger partial charge in [0.25, 0.3) is 0 Å². The first-order chi connectivity index (χ1) is 8.38. The molecule has 17 heavy (non-hydrogen) atoms. The van der Waals surface area contributed by atoms with Crippen LogP contribution in [0.5, 0.6) is 0 Å². The van der Waals surface area contributed by atoms with E-state index in [9.17, 15) is 0 Å². The molecule has 0 aliphatic carbocycles. The molecule has 0 aromatic heterocycles. The minimum absolute atomic E-state index is 0.481. The van der Waals surface area contributed by atoms with Gasteiger partial charge in [-0.25, -0.2) is 0 Å². The summed E-state index contributed by atoms with van der Waals surface area (Å²) in [4.78, 5) is 0. The van der Waals surface area contributed by atoms with Gasteiger partial charge in [-0.3, -0.25) is 0 Å². The van der Waals surface area contributed by atoms with Crippen molar-refractivity contribution in [3.05, 3.63) is 35.9 Å². The number of nitrogens with one attached hydrogen (secondary N) is 1. The highest BCUT2D eigenvalue weighted by Gasteiger charge is 2.08. The van der Waals surface area contributed by atoms with Gasteiger partial charge in [0.2, 0.25) is 0 Å². The van der Waals surface area contributed by atoms with Crippen LogP contribution in [-0.4, -0.2) is 6.54 Å². The summed E-state index contributed by atoms with van der Waals surface area (Å²) in [7, 11) is 0. The Labute approximate surface area is 106 Å². The third-order valence-corrected chi connectivity index (χ3v) is 2.87. The molecule has 0 heterocycles. The van der Waals surface area contributed by atoms with Crippen molar-refractivity contribution in [3.8, 4) is 11.8 Å². The summed E-state index contributed by atoms with van der Waals surface area (Å²) in [5.74, 6) is 6.03. The molecule has 1 unspecified atom stereocenters. The summed E-state index contributed by atoms with van der Waals surface area (Å²) in [5.41, 5.74) is 1.39. The average Bonchev–Trinajstić information content (AvgIpc) is 2.39. The summed E-state index contributed by atoms with van der Waals surface area (Å²) in [6.45, 7) is 5.11. The Hall–Kier alpha value is -1.26. The van der Waals surface area contributed by atoms with Gasteiger partial charge < -0.3 is 5.32 Å². The topological polar surface area (TPSA) is 12.0 Å². The van der Waals surface area contributed by atoms with Crippen molar-refractivity contribution in [3.63, 3.8) is 0 Å². The molecule has 1 rings (SSSR count). The van der Waals surface area contributed by atoms with Gasteiger partial charge in [-0.05, 0) is 18.9 Å². The average molecular weight is 229 g/mol. The number of hydrogen-bond acceptors (Lipinski definition) is 1. The fourth-order valence-electron chi connectivity index (χ4n) is 1.91. The first-order valence-electron chi connectivity index (χ1n) is 6.56. The van der Waals surface area contributed by atoms with Crippen LogP contribution >= 0.6 is 0 Å². The number of benzene rings is 1. The number of rotatable bonds is 7. The van der Waals surface area contributed by atoms with Crippen LogP contribution in [0.15, 0.2) is 30.3 Å². The lowest BCUT2D eigenvalue weighted by molar-refractivity contribution is 0.488. The van der Waals surface area contributed by atoms with Crippen LogP contribution in [0.4, 0.5) is 0 Å². The molecule has 0 aliphatic rings. The monoisotopic (exact) mass is 229 g/mol. The lowest BCUT2D eigenvalue weighted by Gasteiger charge is -2.18. The van der Waals surface area contributed by atoms with E-state index < -0.39 is 0 Å². The zero-order valence-corrected chi connectivity index (χ0v) is 11.0. The van der Waals surface area contributed by atoms with E-state index in [1.54, 1.807) is 0 Å². The van der Waals surface area contributed by atoms with Crippen LogP contribution in [0.2, 0.25) is 0 Å². The van der Waals surface area contributed by atoms with E-state index in [1.807, 2.05) is 6.92 Å². The van der Waals surface area contributed by atoms with Crippen molar-refractivity contribution in [2.24, 2.45) is 0 Å². The molecular weight excluding hydrogens is 206 g/mol. The third-order valence-electron chi connectivity index (χ3n) is 2.87. The zero-order valence-electron chi connectivity index (χ0n) is 11.0. The van der Waals surface area contributed by atoms with Crippen LogP contribution in [0, 0.1) is 11.8 Å². The van der Waals surface area contributed by atoms with Crippen LogP contribution < -0.4 is 5.32 Å². The fraction of sp³-hybridized carbons (Fsp3) is 0.500. The second-order valence-corrected chi connectivity index (χ2v) is 4.24. The van der Waals surface area contributed by atoms with Crippen molar-refractivity contribution < 1.29 is 0 Å². The largest absolute Gasteiger partial charge is 0.309 e. The minimum atomic E-state index is 0.481. The van der Waals surface area contributed by atoms with Crippen molar-refractivity contribution in [2.45, 2.75) is 45.6 Å². The maximum Gasteiger partial charge on any atom is 0.0320 e. The molecule has 1 nitrogen and oxygen atoms in total. The van der Waals surface area contributed by atoms with Crippen molar-refractivity contribution >= 4 is 0 Å². The second kappa shape index (κ2) is 8.84. The Balaban J connectivity index is 2.50. The van der Waals surface area contributed by atoms with E-state index in [-0.39, 0.29) is 0 Å². The highest BCUT2D eigenvalue weighted by Crippen LogP contribution is 2.18. The summed E-state index contributed by atoms with van der Waals surface area (Å²) in [5, 5.41) is 3.60. The Morgan fingerprint density at radius 2 is 2.00 bits per heavy atom. The molecule has 1 aromatic rings. The van der Waals surface area contributed by atoms with Crippen LogP contribution in [0.3, 0.4) is 0 Å². The molecule has 0 bridgehead atoms. The molecule has 0 fully saturated rings. The summed E-state index contributed by atoms with van der Waals surface area (Å²) in [6.07, 6.45) is 4.66. The van der Waals surface area contributed by atoms with Crippen molar-refractivity contribution in [1.29, 1.82) is 0 Å². The quantitative estimate of drug-likeness (QED) is 0.552. The molecular formula is C16H23N. The minimum Gasteiger partial charge on any atom is -0.309 e. The first kappa shape index (κ1) is 13.8. The molecule has 0 radical (unpaired) electrons. The van der Waals surface area contributed by atoms with Gasteiger partial charge in [0.1, 0.15) is 0 Å². The van der Waals surface area contributed by atoms with Gasteiger partial charge in [-0.15, -0.1) is 11.8 Å². The lowest BCUT2D eigenvalue weighted by Crippen LogP contribution is -2.22. The van der Waals surface area contributed by atoms with E-state index in [4.69, 9.17) is 0 Å². The Bertz CT molecular complexity index is 345. The van der Waals surface area contributed by atoms with E-state index in [2.05, 4.69) is 54.4 Å². The van der Waals surface area contributed by atoms with Gasteiger partial charge in [0.15, 0.2) is 0 Å². The highest BCUT2D eigenvalue weighted by molar-refractivity contribution is 5.18. The molecule has 1 heteroatoms. The first-order valence-corrected chi connectivity index (χ1v) is 6.56. The standard InChI is InChI=1S/C16H23N/c1-3-5-10-14-17-16(13-6-4-2)15-11-8-7-9-12-15/h7-9,11-12,16-17H,4,6,10,13-14H2,1-2H3. The molecule has 1 N–H and O–H groups in total. The van der Waals surface area contributed by atoms with Crippen LogP contribution in [0.25, 0.3) is 0 Å². The summed E-state index contributed by atoms with van der Waals surface area (Å²) < 4.78 is 0.